The van der Waals surface area contributed by atoms with Crippen molar-refractivity contribution >= 4 is 12.3 Å². The monoisotopic (exact) mass is 113 g/mol. The molecule has 1 radical (unpaired) electrons. The number of hydrogen-bond acceptors (Lipinski definition) is 3. The number of ether oxygens (including phenoxy) is 1. The fourth-order valence-electron chi connectivity index (χ4n) is 0.563. The second kappa shape index (κ2) is 1.94. The highest BCUT2D eigenvalue weighted by molar-refractivity contribution is 5.89. The van der Waals surface area contributed by atoms with E-state index >= 15 is 0 Å². The Morgan fingerprint density at radius 2 is 2.50 bits per heavy atom. The van der Waals surface area contributed by atoms with E-state index in [4.69, 9.17) is 0 Å². The molecule has 8 heavy (non-hydrogen) atoms. The fourth-order valence-corrected chi connectivity index (χ4v) is 0.563. The van der Waals surface area contributed by atoms with Crippen molar-refractivity contribution in [2.24, 2.45) is 0 Å². The van der Waals surface area contributed by atoms with Crippen molar-refractivity contribution in [1.82, 2.24) is 0 Å². The van der Waals surface area contributed by atoms with E-state index in [9.17, 15) is 9.59 Å². The highest BCUT2D eigenvalue weighted by atomic mass is 16.5. The van der Waals surface area contributed by atoms with Crippen LogP contribution in [0.4, 0.5) is 0 Å². The highest BCUT2D eigenvalue weighted by Gasteiger charge is 2.29. The largest absolute Gasteiger partial charge is 0.446 e. The van der Waals surface area contributed by atoms with E-state index in [0.717, 1.165) is 0 Å². The highest BCUT2D eigenvalue weighted by Crippen LogP contribution is 2.16. The summed E-state index contributed by atoms with van der Waals surface area (Å²) in [5, 5.41) is 0. The first-order valence-corrected chi connectivity index (χ1v) is 2.40. The molecule has 1 aliphatic rings. The third-order valence-electron chi connectivity index (χ3n) is 1.20. The quantitative estimate of drug-likeness (QED) is 0.498. The van der Waals surface area contributed by atoms with E-state index in [-0.39, 0.29) is 5.78 Å². The molecule has 0 heterocycles. The molecule has 3 heteroatoms. The summed E-state index contributed by atoms with van der Waals surface area (Å²) in [6.07, 6.45) is 0.757. The summed E-state index contributed by atoms with van der Waals surface area (Å²) in [4.78, 5) is 19.8. The van der Waals surface area contributed by atoms with Crippen LogP contribution in [-0.2, 0) is 14.3 Å². The smallest absolute Gasteiger partial charge is 0.418 e. The van der Waals surface area contributed by atoms with Gasteiger partial charge in [-0.3, -0.25) is 4.79 Å². The minimum atomic E-state index is -0.465. The first-order chi connectivity index (χ1) is 3.84. The van der Waals surface area contributed by atoms with E-state index in [2.05, 4.69) is 4.74 Å². The van der Waals surface area contributed by atoms with Crippen molar-refractivity contribution in [2.75, 3.05) is 0 Å². The third-order valence-corrected chi connectivity index (χ3v) is 1.20. The summed E-state index contributed by atoms with van der Waals surface area (Å²) in [7, 11) is 0. The molecule has 1 atom stereocenters. The maximum Gasteiger partial charge on any atom is 0.418 e. The molecule has 3 nitrogen and oxygen atoms in total. The van der Waals surface area contributed by atoms with Gasteiger partial charge in [-0.1, -0.05) is 0 Å². The minimum absolute atomic E-state index is 0.00773. The van der Waals surface area contributed by atoms with Gasteiger partial charge in [0.15, 0.2) is 11.9 Å². The van der Waals surface area contributed by atoms with E-state index in [1.807, 2.05) is 0 Å². The van der Waals surface area contributed by atoms with Crippen LogP contribution in [0.25, 0.3) is 0 Å². The van der Waals surface area contributed by atoms with Crippen LogP contribution in [-0.4, -0.2) is 18.4 Å². The maximum absolute atomic E-state index is 10.3. The van der Waals surface area contributed by atoms with Gasteiger partial charge < -0.3 is 4.74 Å². The summed E-state index contributed by atoms with van der Waals surface area (Å²) in [6, 6.07) is 0. The summed E-state index contributed by atoms with van der Waals surface area (Å²) in [5.41, 5.74) is 0. The van der Waals surface area contributed by atoms with Gasteiger partial charge in [0.1, 0.15) is 0 Å². The molecule has 1 rings (SSSR count). The first kappa shape index (κ1) is 5.28. The van der Waals surface area contributed by atoms with Gasteiger partial charge in [-0.25, -0.2) is 4.79 Å². The molecular formula is C5H5O3. The first-order valence-electron chi connectivity index (χ1n) is 2.40. The SMILES string of the molecule is O=[C]OC1CCC1=O. The lowest BCUT2D eigenvalue weighted by molar-refractivity contribution is -0.134. The Morgan fingerprint density at radius 3 is 2.62 bits per heavy atom. The average molecular weight is 113 g/mol. The predicted molar refractivity (Wildman–Crippen MR) is 24.8 cm³/mol. The van der Waals surface area contributed by atoms with Crippen LogP contribution < -0.4 is 0 Å². The molecule has 0 bridgehead atoms. The zero-order valence-corrected chi connectivity index (χ0v) is 4.22. The van der Waals surface area contributed by atoms with Gasteiger partial charge in [-0.05, 0) is 6.42 Å². The van der Waals surface area contributed by atoms with E-state index < -0.39 is 6.10 Å². The summed E-state index contributed by atoms with van der Waals surface area (Å²) in [6.45, 7) is 1.23. The number of carbonyl (C=O) groups excluding carboxylic acids is 2. The van der Waals surface area contributed by atoms with E-state index in [0.29, 0.717) is 12.8 Å². The number of Topliss-reactive ketones (excluding diaryl/α,β-unsaturated/α-hetero) is 1. The Bertz CT molecular complexity index is 119. The molecule has 1 saturated carbocycles. The van der Waals surface area contributed by atoms with Crippen LogP contribution in [0.15, 0.2) is 0 Å². The minimum Gasteiger partial charge on any atom is -0.446 e. The molecule has 0 aromatic rings. The van der Waals surface area contributed by atoms with Crippen molar-refractivity contribution in [1.29, 1.82) is 0 Å². The van der Waals surface area contributed by atoms with Gasteiger partial charge in [0, 0.05) is 6.42 Å². The molecule has 0 spiro atoms. The molecule has 0 aromatic heterocycles. The third kappa shape index (κ3) is 0.710. The van der Waals surface area contributed by atoms with Crippen LogP contribution in [0.1, 0.15) is 12.8 Å². The Balaban J connectivity index is 2.26. The van der Waals surface area contributed by atoms with Gasteiger partial charge in [0.2, 0.25) is 0 Å². The second-order valence-electron chi connectivity index (χ2n) is 1.69. The molecule has 1 unspecified atom stereocenters. The standard InChI is InChI=1S/C5H5O3/c6-3-8-5-2-1-4(5)7/h5H,1-2H2. The van der Waals surface area contributed by atoms with E-state index in [1.54, 1.807) is 0 Å². The van der Waals surface area contributed by atoms with Crippen molar-refractivity contribution in [2.45, 2.75) is 18.9 Å². The Kier molecular flexibility index (Phi) is 1.28. The van der Waals surface area contributed by atoms with Crippen molar-refractivity contribution in [3.8, 4) is 0 Å². The number of hydrogen-bond donors (Lipinski definition) is 0. The summed E-state index contributed by atoms with van der Waals surface area (Å²) >= 11 is 0. The molecule has 0 amide bonds. The lowest BCUT2D eigenvalue weighted by atomic mass is 9.94. The fraction of sp³-hybridized carbons (Fsp3) is 0.600. The number of ketones is 1. The van der Waals surface area contributed by atoms with Crippen LogP contribution >= 0.6 is 0 Å². The molecule has 0 aromatic carbocycles. The van der Waals surface area contributed by atoms with Gasteiger partial charge in [-0.2, -0.15) is 0 Å². The van der Waals surface area contributed by atoms with Crippen LogP contribution in [0.5, 0.6) is 0 Å². The molecule has 1 aliphatic carbocycles. The molecule has 0 saturated heterocycles. The Hall–Kier alpha value is -0.860. The van der Waals surface area contributed by atoms with Crippen LogP contribution in [0.3, 0.4) is 0 Å². The summed E-state index contributed by atoms with van der Waals surface area (Å²) in [5.74, 6) is 0.00773. The van der Waals surface area contributed by atoms with Gasteiger partial charge in [-0.15, -0.1) is 0 Å². The lowest BCUT2D eigenvalue weighted by Gasteiger charge is -2.20. The summed E-state index contributed by atoms with van der Waals surface area (Å²) < 4.78 is 4.23. The van der Waals surface area contributed by atoms with Gasteiger partial charge >= 0.3 is 6.47 Å². The van der Waals surface area contributed by atoms with E-state index in [1.165, 1.54) is 6.47 Å². The average Bonchev–Trinajstić information content (AvgIpc) is 1.79. The molecule has 43 valence electrons. The molecule has 0 N–H and O–H groups in total. The Labute approximate surface area is 46.6 Å². The predicted octanol–water partition coefficient (Wildman–Crippen LogP) is -0.198. The van der Waals surface area contributed by atoms with Crippen LogP contribution in [0.2, 0.25) is 0 Å². The van der Waals surface area contributed by atoms with Crippen molar-refractivity contribution < 1.29 is 14.3 Å². The Morgan fingerprint density at radius 1 is 1.75 bits per heavy atom. The number of rotatable bonds is 2. The second-order valence-corrected chi connectivity index (χ2v) is 1.69. The van der Waals surface area contributed by atoms with Gasteiger partial charge in [0.25, 0.3) is 0 Å². The number of carbonyl (C=O) groups is 1. The van der Waals surface area contributed by atoms with Crippen LogP contribution in [0, 0.1) is 0 Å². The lowest BCUT2D eigenvalue weighted by Crippen LogP contribution is -2.33. The normalized spacial score (nSPS) is 26.5. The molecule has 0 aliphatic heterocycles. The molecular weight excluding hydrogens is 108 g/mol. The maximum atomic E-state index is 10.3. The van der Waals surface area contributed by atoms with Crippen molar-refractivity contribution in [3.63, 3.8) is 0 Å². The topological polar surface area (TPSA) is 43.4 Å². The van der Waals surface area contributed by atoms with Gasteiger partial charge in [0.05, 0.1) is 0 Å². The zero-order chi connectivity index (χ0) is 5.98. The zero-order valence-electron chi connectivity index (χ0n) is 4.22. The molecule has 1 fully saturated rings. The van der Waals surface area contributed by atoms with Crippen molar-refractivity contribution in [3.05, 3.63) is 0 Å².